The summed E-state index contributed by atoms with van der Waals surface area (Å²) in [6, 6.07) is 5.40. The van der Waals surface area contributed by atoms with E-state index in [0.29, 0.717) is 54.9 Å². The lowest BCUT2D eigenvalue weighted by Crippen LogP contribution is -2.58. The zero-order chi connectivity index (χ0) is 27.5. The number of nitrogens with one attached hydrogen (secondary N) is 1. The summed E-state index contributed by atoms with van der Waals surface area (Å²) in [5, 5.41) is 11.1. The fraction of sp³-hybridized carbons (Fsp3) is 0.519. The SMILES string of the molecule is CCNc1nnc(-c2cnc(N3CCN(C4CCN(C(=O)c5ccc(Cl)c(F)c5)CC4)[C@@H](CC)C3)c(C)n2)o1. The molecule has 0 bridgehead atoms. The van der Waals surface area contributed by atoms with Gasteiger partial charge in [-0.25, -0.2) is 14.4 Å². The summed E-state index contributed by atoms with van der Waals surface area (Å²) in [5.41, 5.74) is 1.72. The summed E-state index contributed by atoms with van der Waals surface area (Å²) >= 11 is 5.78. The number of amides is 1. The van der Waals surface area contributed by atoms with E-state index in [1.54, 1.807) is 12.3 Å². The summed E-state index contributed by atoms with van der Waals surface area (Å²) in [7, 11) is 0. The average molecular weight is 557 g/mol. The predicted molar refractivity (Wildman–Crippen MR) is 148 cm³/mol. The normalized spacial score (nSPS) is 18.9. The van der Waals surface area contributed by atoms with Crippen molar-refractivity contribution >= 4 is 29.3 Å². The van der Waals surface area contributed by atoms with Crippen molar-refractivity contribution in [1.29, 1.82) is 0 Å². The van der Waals surface area contributed by atoms with E-state index in [-0.39, 0.29) is 10.9 Å². The van der Waals surface area contributed by atoms with Crippen LogP contribution in [0.15, 0.2) is 28.8 Å². The second-order valence-corrected chi connectivity index (χ2v) is 10.4. The lowest BCUT2D eigenvalue weighted by molar-refractivity contribution is 0.0490. The molecule has 2 aliphatic rings. The van der Waals surface area contributed by atoms with Crippen LogP contribution in [0.4, 0.5) is 16.2 Å². The minimum Gasteiger partial charge on any atom is -0.402 e. The lowest BCUT2D eigenvalue weighted by atomic mass is 9.97. The van der Waals surface area contributed by atoms with Gasteiger partial charge in [-0.15, -0.1) is 5.10 Å². The molecule has 0 saturated carbocycles. The molecule has 2 fully saturated rings. The van der Waals surface area contributed by atoms with Crippen molar-refractivity contribution in [2.24, 2.45) is 0 Å². The molecule has 39 heavy (non-hydrogen) atoms. The van der Waals surface area contributed by atoms with E-state index >= 15 is 0 Å². The maximum atomic E-state index is 13.9. The summed E-state index contributed by atoms with van der Waals surface area (Å²) in [5.74, 6) is 0.509. The van der Waals surface area contributed by atoms with Gasteiger partial charge in [-0.3, -0.25) is 9.69 Å². The molecule has 12 heteroatoms. The van der Waals surface area contributed by atoms with Crippen LogP contribution in [0.3, 0.4) is 0 Å². The Bertz CT molecular complexity index is 1310. The highest BCUT2D eigenvalue weighted by atomic mass is 35.5. The maximum absolute atomic E-state index is 13.9. The van der Waals surface area contributed by atoms with Gasteiger partial charge in [-0.2, -0.15) is 0 Å². The zero-order valence-corrected chi connectivity index (χ0v) is 23.3. The largest absolute Gasteiger partial charge is 0.402 e. The van der Waals surface area contributed by atoms with Crippen LogP contribution in [-0.4, -0.2) is 87.2 Å². The third kappa shape index (κ3) is 5.84. The Hall–Kier alpha value is -3.31. The first-order chi connectivity index (χ1) is 18.9. The lowest BCUT2D eigenvalue weighted by Gasteiger charge is -2.47. The van der Waals surface area contributed by atoms with Gasteiger partial charge in [-0.05, 0) is 51.3 Å². The van der Waals surface area contributed by atoms with E-state index in [9.17, 15) is 9.18 Å². The quantitative estimate of drug-likeness (QED) is 0.457. The Kier molecular flexibility index (Phi) is 8.27. The predicted octanol–water partition coefficient (Wildman–Crippen LogP) is 4.26. The highest BCUT2D eigenvalue weighted by molar-refractivity contribution is 6.30. The number of rotatable bonds is 7. The molecule has 0 aliphatic carbocycles. The van der Waals surface area contributed by atoms with Gasteiger partial charge in [0.25, 0.3) is 11.8 Å². The van der Waals surface area contributed by atoms with Crippen molar-refractivity contribution in [3.05, 3.63) is 46.5 Å². The third-order valence-corrected chi connectivity index (χ3v) is 7.89. The molecule has 1 N–H and O–H groups in total. The van der Waals surface area contributed by atoms with Crippen LogP contribution in [0.2, 0.25) is 5.02 Å². The first-order valence-electron chi connectivity index (χ1n) is 13.5. The molecule has 3 aromatic rings. The third-order valence-electron chi connectivity index (χ3n) is 7.58. The van der Waals surface area contributed by atoms with Crippen LogP contribution in [0.25, 0.3) is 11.6 Å². The fourth-order valence-corrected chi connectivity index (χ4v) is 5.67. The van der Waals surface area contributed by atoms with Gasteiger partial charge in [0.2, 0.25) is 0 Å². The van der Waals surface area contributed by atoms with Crippen molar-refractivity contribution < 1.29 is 13.6 Å². The van der Waals surface area contributed by atoms with Crippen LogP contribution in [0, 0.1) is 12.7 Å². The number of hydrogen-bond acceptors (Lipinski definition) is 9. The Morgan fingerprint density at radius 2 is 1.97 bits per heavy atom. The summed E-state index contributed by atoms with van der Waals surface area (Å²) in [4.78, 5) is 29.1. The second kappa shape index (κ2) is 11.8. The van der Waals surface area contributed by atoms with Crippen molar-refractivity contribution in [2.75, 3.05) is 49.5 Å². The smallest absolute Gasteiger partial charge is 0.315 e. The number of carbonyl (C=O) groups excluding carboxylic acids is 1. The molecule has 5 rings (SSSR count). The molecule has 2 saturated heterocycles. The summed E-state index contributed by atoms with van der Waals surface area (Å²) in [6.07, 6.45) is 4.49. The van der Waals surface area contributed by atoms with Crippen LogP contribution in [0.1, 0.15) is 49.2 Å². The molecule has 4 heterocycles. The number of piperazine rings is 1. The Morgan fingerprint density at radius 3 is 2.67 bits per heavy atom. The first kappa shape index (κ1) is 27.3. The number of benzene rings is 1. The van der Waals surface area contributed by atoms with E-state index < -0.39 is 5.82 Å². The van der Waals surface area contributed by atoms with Gasteiger partial charge < -0.3 is 19.5 Å². The molecule has 2 aliphatic heterocycles. The second-order valence-electron chi connectivity index (χ2n) is 10.0. The van der Waals surface area contributed by atoms with Gasteiger partial charge >= 0.3 is 6.01 Å². The molecule has 10 nitrogen and oxygen atoms in total. The summed E-state index contributed by atoms with van der Waals surface area (Å²) < 4.78 is 19.5. The first-order valence-corrected chi connectivity index (χ1v) is 13.9. The number of halogens is 2. The molecule has 0 unspecified atom stereocenters. The molecule has 0 spiro atoms. The number of hydrogen-bond donors (Lipinski definition) is 1. The minimum absolute atomic E-state index is 0.0255. The Balaban J connectivity index is 1.20. The molecular formula is C27H34ClFN8O2. The minimum atomic E-state index is -0.566. The topological polar surface area (TPSA) is 104 Å². The van der Waals surface area contributed by atoms with Crippen molar-refractivity contribution in [3.63, 3.8) is 0 Å². The number of nitrogens with zero attached hydrogens (tertiary/aromatic N) is 7. The summed E-state index contributed by atoms with van der Waals surface area (Å²) in [6.45, 7) is 10.8. The molecule has 1 atom stereocenters. The van der Waals surface area contributed by atoms with Crippen LogP contribution >= 0.6 is 11.6 Å². The Labute approximate surface area is 232 Å². The maximum Gasteiger partial charge on any atom is 0.315 e. The number of aromatic nitrogens is 4. The van der Waals surface area contributed by atoms with Crippen LogP contribution in [-0.2, 0) is 0 Å². The molecular weight excluding hydrogens is 523 g/mol. The van der Waals surface area contributed by atoms with Crippen LogP contribution < -0.4 is 10.2 Å². The van der Waals surface area contributed by atoms with E-state index in [4.69, 9.17) is 26.0 Å². The van der Waals surface area contributed by atoms with Gasteiger partial charge in [0, 0.05) is 56.9 Å². The van der Waals surface area contributed by atoms with Crippen molar-refractivity contribution in [2.45, 2.75) is 52.1 Å². The fourth-order valence-electron chi connectivity index (χ4n) is 5.56. The molecule has 1 amide bonds. The monoisotopic (exact) mass is 556 g/mol. The van der Waals surface area contributed by atoms with Crippen LogP contribution in [0.5, 0.6) is 0 Å². The Morgan fingerprint density at radius 1 is 1.18 bits per heavy atom. The highest BCUT2D eigenvalue weighted by Gasteiger charge is 2.35. The van der Waals surface area contributed by atoms with E-state index in [0.717, 1.165) is 50.4 Å². The number of likely N-dealkylation sites (tertiary alicyclic amines) is 1. The number of aryl methyl sites for hydroxylation is 1. The molecule has 2 aromatic heterocycles. The molecule has 1 aromatic carbocycles. The van der Waals surface area contributed by atoms with E-state index in [1.165, 1.54) is 12.1 Å². The van der Waals surface area contributed by atoms with E-state index in [2.05, 4.69) is 32.2 Å². The van der Waals surface area contributed by atoms with E-state index in [1.807, 2.05) is 18.7 Å². The van der Waals surface area contributed by atoms with Crippen molar-refractivity contribution in [1.82, 2.24) is 30.0 Å². The molecule has 0 radical (unpaired) electrons. The van der Waals surface area contributed by atoms with Gasteiger partial charge in [0.15, 0.2) is 0 Å². The van der Waals surface area contributed by atoms with Gasteiger partial charge in [0.05, 0.1) is 16.9 Å². The standard InChI is InChI=1S/C27H34ClFN8O2/c1-4-19-16-36(24-17(3)32-23(15-31-24)25-33-34-27(39-25)30-5-2)12-13-37(19)20-8-10-35(11-9-20)26(38)18-6-7-21(28)22(29)14-18/h6-7,14-15,19-20H,4-5,8-13,16H2,1-3H3,(H,30,34)/t19-/m0/s1. The van der Waals surface area contributed by atoms with Gasteiger partial charge in [-0.1, -0.05) is 23.6 Å². The molecule has 208 valence electrons. The number of anilines is 2. The zero-order valence-electron chi connectivity index (χ0n) is 22.5. The average Bonchev–Trinajstić information content (AvgIpc) is 3.43. The van der Waals surface area contributed by atoms with Gasteiger partial charge in [0.1, 0.15) is 17.3 Å². The number of carbonyl (C=O) groups is 1. The number of piperidine rings is 1. The van der Waals surface area contributed by atoms with Crippen molar-refractivity contribution in [3.8, 4) is 11.6 Å². The highest BCUT2D eigenvalue weighted by Crippen LogP contribution is 2.28.